The molecule has 29 heavy (non-hydrogen) atoms. The van der Waals surface area contributed by atoms with E-state index in [1.165, 1.54) is 22.5 Å². The molecule has 1 aromatic heterocycles. The van der Waals surface area contributed by atoms with Gasteiger partial charge < -0.3 is 20.2 Å². The zero-order chi connectivity index (χ0) is 20.5. The Balaban J connectivity index is 1.45. The van der Waals surface area contributed by atoms with Crippen molar-refractivity contribution in [3.8, 4) is 0 Å². The minimum atomic E-state index is -0.288. The highest BCUT2D eigenvalue weighted by molar-refractivity contribution is 7.18. The molecule has 154 valence electrons. The van der Waals surface area contributed by atoms with Crippen molar-refractivity contribution in [2.75, 3.05) is 33.3 Å². The van der Waals surface area contributed by atoms with Crippen molar-refractivity contribution in [2.24, 2.45) is 5.92 Å². The van der Waals surface area contributed by atoms with Crippen LogP contribution in [0.3, 0.4) is 0 Å². The molecule has 3 heterocycles. The summed E-state index contributed by atoms with van der Waals surface area (Å²) in [5.41, 5.74) is 3.16. The minimum absolute atomic E-state index is 0.0545. The Morgan fingerprint density at radius 1 is 1.24 bits per heavy atom. The van der Waals surface area contributed by atoms with Gasteiger partial charge in [0.25, 0.3) is 11.8 Å². The highest BCUT2D eigenvalue weighted by atomic mass is 35.5. The van der Waals surface area contributed by atoms with Gasteiger partial charge in [-0.25, -0.2) is 0 Å². The van der Waals surface area contributed by atoms with Crippen molar-refractivity contribution in [3.05, 3.63) is 56.2 Å². The fourth-order valence-electron chi connectivity index (χ4n) is 4.07. The van der Waals surface area contributed by atoms with Gasteiger partial charge in [0.2, 0.25) is 0 Å². The van der Waals surface area contributed by atoms with Crippen LogP contribution in [0.15, 0.2) is 30.3 Å². The summed E-state index contributed by atoms with van der Waals surface area (Å²) in [6.45, 7) is 2.61. The highest BCUT2D eigenvalue weighted by Gasteiger charge is 2.36. The molecule has 2 atom stereocenters. The zero-order valence-electron chi connectivity index (χ0n) is 16.2. The molecule has 1 aromatic carbocycles. The summed E-state index contributed by atoms with van der Waals surface area (Å²) in [5, 5.41) is 12.7. The van der Waals surface area contributed by atoms with Crippen LogP contribution in [-0.4, -0.2) is 66.1 Å². The third-order valence-corrected chi connectivity index (χ3v) is 6.96. The lowest BCUT2D eigenvalue weighted by atomic mass is 9.97. The molecular formula is C21H24ClN3O3S. The number of likely N-dealkylation sites (tertiary alicyclic amines) is 1. The quantitative estimate of drug-likeness (QED) is 0.775. The summed E-state index contributed by atoms with van der Waals surface area (Å²) < 4.78 is 0.552. The Bertz CT molecular complexity index is 932. The summed E-state index contributed by atoms with van der Waals surface area (Å²) in [6.07, 6.45) is 0.939. The summed E-state index contributed by atoms with van der Waals surface area (Å²) in [6, 6.07) is 8.99. The second-order valence-corrected chi connectivity index (χ2v) is 9.52. The van der Waals surface area contributed by atoms with Crippen LogP contribution >= 0.6 is 22.9 Å². The molecule has 8 heteroatoms. The van der Waals surface area contributed by atoms with E-state index in [1.54, 1.807) is 17.0 Å². The van der Waals surface area contributed by atoms with E-state index in [9.17, 15) is 14.7 Å². The first-order chi connectivity index (χ1) is 13.9. The number of rotatable bonds is 4. The van der Waals surface area contributed by atoms with Crippen LogP contribution in [0.1, 0.15) is 31.2 Å². The topological polar surface area (TPSA) is 72.9 Å². The second-order valence-electron chi connectivity index (χ2n) is 7.81. The van der Waals surface area contributed by atoms with Crippen LogP contribution in [0.5, 0.6) is 0 Å². The number of benzene rings is 1. The van der Waals surface area contributed by atoms with E-state index in [0.29, 0.717) is 27.9 Å². The van der Waals surface area contributed by atoms with Crippen molar-refractivity contribution in [3.63, 3.8) is 0 Å². The fourth-order valence-corrected chi connectivity index (χ4v) is 5.02. The number of carbonyl (C=O) groups excluding carboxylic acids is 2. The third-order valence-electron chi connectivity index (χ3n) is 5.73. The van der Waals surface area contributed by atoms with Crippen LogP contribution in [0.2, 0.25) is 4.34 Å². The monoisotopic (exact) mass is 433 g/mol. The molecular weight excluding hydrogens is 410 g/mol. The van der Waals surface area contributed by atoms with E-state index >= 15 is 0 Å². The number of nitrogens with one attached hydrogen (secondary N) is 1. The molecule has 2 aliphatic heterocycles. The number of thiophene rings is 1. The average molecular weight is 434 g/mol. The molecule has 2 aromatic rings. The molecule has 2 amide bonds. The van der Waals surface area contributed by atoms with Gasteiger partial charge in [-0.05, 0) is 48.9 Å². The Morgan fingerprint density at radius 2 is 2.07 bits per heavy atom. The van der Waals surface area contributed by atoms with Crippen molar-refractivity contribution >= 4 is 34.8 Å². The van der Waals surface area contributed by atoms with E-state index in [0.717, 1.165) is 19.5 Å². The smallest absolute Gasteiger partial charge is 0.261 e. The molecule has 0 spiro atoms. The average Bonchev–Trinajstić information content (AvgIpc) is 3.33. The predicted molar refractivity (Wildman–Crippen MR) is 114 cm³/mol. The number of carbonyl (C=O) groups is 2. The van der Waals surface area contributed by atoms with E-state index in [4.69, 9.17) is 11.6 Å². The number of hydrogen-bond donors (Lipinski definition) is 2. The van der Waals surface area contributed by atoms with Gasteiger partial charge in [-0.3, -0.25) is 9.59 Å². The summed E-state index contributed by atoms with van der Waals surface area (Å²) in [5.74, 6) is -0.469. The lowest BCUT2D eigenvalue weighted by Gasteiger charge is -2.25. The number of aliphatic hydroxyl groups is 1. The van der Waals surface area contributed by atoms with Crippen LogP contribution in [0.25, 0.3) is 0 Å². The Morgan fingerprint density at radius 3 is 2.79 bits per heavy atom. The molecule has 4 rings (SSSR count). The molecule has 0 radical (unpaired) electrons. The van der Waals surface area contributed by atoms with Gasteiger partial charge in [-0.15, -0.1) is 11.3 Å². The maximum absolute atomic E-state index is 13.1. The number of amides is 2. The first kappa shape index (κ1) is 20.3. The maximum atomic E-state index is 13.1. The normalized spacial score (nSPS) is 21.8. The molecule has 0 saturated carbocycles. The number of likely N-dealkylation sites (N-methyl/N-ethyl adjacent to an activating group) is 1. The minimum Gasteiger partial charge on any atom is -0.396 e. The molecule has 1 fully saturated rings. The summed E-state index contributed by atoms with van der Waals surface area (Å²) in [7, 11) is 2.10. The zero-order valence-corrected chi connectivity index (χ0v) is 17.8. The van der Waals surface area contributed by atoms with Gasteiger partial charge in [0.05, 0.1) is 15.3 Å². The Labute approximate surface area is 179 Å². The fraction of sp³-hybridized carbons (Fsp3) is 0.429. The van der Waals surface area contributed by atoms with Gasteiger partial charge in [-0.1, -0.05) is 17.7 Å². The number of nitrogens with zero attached hydrogens (tertiary/aromatic N) is 2. The molecule has 6 nitrogen and oxygen atoms in total. The van der Waals surface area contributed by atoms with E-state index in [2.05, 4.69) is 17.3 Å². The highest BCUT2D eigenvalue weighted by Crippen LogP contribution is 2.25. The Hall–Kier alpha value is -1.93. The molecule has 2 N–H and O–H groups in total. The van der Waals surface area contributed by atoms with Gasteiger partial charge in [-0.2, -0.15) is 0 Å². The van der Waals surface area contributed by atoms with Gasteiger partial charge in [0, 0.05) is 44.3 Å². The first-order valence-corrected chi connectivity index (χ1v) is 10.9. The summed E-state index contributed by atoms with van der Waals surface area (Å²) in [4.78, 5) is 30.0. The lowest BCUT2D eigenvalue weighted by molar-refractivity contribution is 0.0778. The SMILES string of the molecule is CN1CCc2cc(C(=O)N3CC(CO)C(NC(=O)c4ccc(Cl)s4)C3)ccc2C1. The predicted octanol–water partition coefficient (Wildman–Crippen LogP) is 2.25. The first-order valence-electron chi connectivity index (χ1n) is 9.71. The molecule has 2 unspecified atom stereocenters. The number of fused-ring (bicyclic) bond motifs is 1. The van der Waals surface area contributed by atoms with Gasteiger partial charge in [0.15, 0.2) is 0 Å². The van der Waals surface area contributed by atoms with Crippen molar-refractivity contribution < 1.29 is 14.7 Å². The van der Waals surface area contributed by atoms with Crippen LogP contribution in [0, 0.1) is 5.92 Å². The molecule has 0 aliphatic carbocycles. The van der Waals surface area contributed by atoms with Crippen molar-refractivity contribution in [1.29, 1.82) is 0 Å². The molecule has 0 bridgehead atoms. The van der Waals surface area contributed by atoms with Crippen LogP contribution in [0.4, 0.5) is 0 Å². The van der Waals surface area contributed by atoms with E-state index in [1.807, 2.05) is 18.2 Å². The van der Waals surface area contributed by atoms with E-state index in [-0.39, 0.29) is 30.4 Å². The third kappa shape index (κ3) is 4.33. The second kappa shape index (κ2) is 8.44. The number of hydrogen-bond acceptors (Lipinski definition) is 5. The lowest BCUT2D eigenvalue weighted by Crippen LogP contribution is -2.41. The Kier molecular flexibility index (Phi) is 5.92. The van der Waals surface area contributed by atoms with Crippen LogP contribution in [-0.2, 0) is 13.0 Å². The maximum Gasteiger partial charge on any atom is 0.261 e. The van der Waals surface area contributed by atoms with Crippen molar-refractivity contribution in [1.82, 2.24) is 15.1 Å². The molecule has 1 saturated heterocycles. The number of halogens is 1. The molecule has 2 aliphatic rings. The number of aliphatic hydroxyl groups excluding tert-OH is 1. The van der Waals surface area contributed by atoms with Gasteiger partial charge >= 0.3 is 0 Å². The van der Waals surface area contributed by atoms with E-state index < -0.39 is 0 Å². The van der Waals surface area contributed by atoms with Crippen LogP contribution < -0.4 is 5.32 Å². The largest absolute Gasteiger partial charge is 0.396 e. The van der Waals surface area contributed by atoms with Crippen molar-refractivity contribution in [2.45, 2.75) is 19.0 Å². The summed E-state index contributed by atoms with van der Waals surface area (Å²) >= 11 is 7.12. The standard InChI is InChI=1S/C21H24ClN3O3S/c1-24-7-6-13-8-14(2-3-15(13)9-24)21(28)25-10-16(12-26)17(11-25)23-20(27)18-4-5-19(22)29-18/h2-5,8,16-17,26H,6-7,9-12H2,1H3,(H,23,27). The van der Waals surface area contributed by atoms with Gasteiger partial charge in [0.1, 0.15) is 0 Å².